The van der Waals surface area contributed by atoms with E-state index in [1.807, 2.05) is 6.20 Å². The summed E-state index contributed by atoms with van der Waals surface area (Å²) >= 11 is 1.75. The van der Waals surface area contributed by atoms with Gasteiger partial charge in [0.2, 0.25) is 0 Å². The fourth-order valence-electron chi connectivity index (χ4n) is 2.78. The Hall–Kier alpha value is -0.650. The van der Waals surface area contributed by atoms with Gasteiger partial charge in [-0.3, -0.25) is 4.90 Å². The van der Waals surface area contributed by atoms with Gasteiger partial charge in [-0.1, -0.05) is 19.8 Å². The summed E-state index contributed by atoms with van der Waals surface area (Å²) in [5.41, 5.74) is 0. The molecule has 0 saturated carbocycles. The lowest BCUT2D eigenvalue weighted by Gasteiger charge is -2.34. The molecule has 0 unspecified atom stereocenters. The molecule has 0 atom stereocenters. The van der Waals surface area contributed by atoms with Crippen molar-refractivity contribution in [1.29, 1.82) is 0 Å². The van der Waals surface area contributed by atoms with Crippen LogP contribution in [0.5, 0.6) is 0 Å². The molecule has 0 spiro atoms. The molecule has 120 valence electrons. The second-order valence-electron chi connectivity index (χ2n) is 5.81. The highest BCUT2D eigenvalue weighted by Gasteiger charge is 2.17. The Morgan fingerprint density at radius 1 is 1.10 bits per heavy atom. The van der Waals surface area contributed by atoms with Crippen LogP contribution in [0.3, 0.4) is 0 Å². The predicted octanol–water partition coefficient (Wildman–Crippen LogP) is 2.83. The molecule has 0 aliphatic carbocycles. The van der Waals surface area contributed by atoms with Crippen LogP contribution in [-0.4, -0.2) is 55.7 Å². The summed E-state index contributed by atoms with van der Waals surface area (Å²) in [6.07, 6.45) is 8.58. The zero-order chi connectivity index (χ0) is 14.8. The Balaban J connectivity index is 1.46. The van der Waals surface area contributed by atoms with Gasteiger partial charge in [-0.2, -0.15) is 0 Å². The number of rotatable bonds is 10. The van der Waals surface area contributed by atoms with Gasteiger partial charge in [0.05, 0.1) is 0 Å². The average molecular weight is 311 g/mol. The quantitative estimate of drug-likeness (QED) is 0.673. The summed E-state index contributed by atoms with van der Waals surface area (Å²) < 4.78 is 0. The highest BCUT2D eigenvalue weighted by molar-refractivity contribution is 7.13. The number of anilines is 1. The van der Waals surface area contributed by atoms with E-state index in [1.165, 1.54) is 70.0 Å². The minimum Gasteiger partial charge on any atom is -0.346 e. The fraction of sp³-hybridized carbons (Fsp3) is 0.812. The lowest BCUT2D eigenvalue weighted by atomic mass is 10.2. The van der Waals surface area contributed by atoms with Gasteiger partial charge >= 0.3 is 0 Å². The van der Waals surface area contributed by atoms with Crippen LogP contribution in [0.2, 0.25) is 0 Å². The second kappa shape index (κ2) is 10.1. The molecular formula is C16H30N4S. The van der Waals surface area contributed by atoms with E-state index in [0.29, 0.717) is 0 Å². The number of nitrogens with zero attached hydrogens (tertiary/aromatic N) is 3. The first-order chi connectivity index (χ1) is 10.4. The summed E-state index contributed by atoms with van der Waals surface area (Å²) in [5.74, 6) is 0. The molecule has 2 heterocycles. The number of unbranched alkanes of at least 4 members (excludes halogenated alkanes) is 3. The lowest BCUT2D eigenvalue weighted by Crippen LogP contribution is -2.46. The molecule has 0 aromatic carbocycles. The maximum Gasteiger partial charge on any atom is 0.185 e. The van der Waals surface area contributed by atoms with Crippen molar-refractivity contribution in [1.82, 2.24) is 15.2 Å². The molecule has 0 amide bonds. The summed E-state index contributed by atoms with van der Waals surface area (Å²) in [6.45, 7) is 10.5. The van der Waals surface area contributed by atoms with E-state index in [2.05, 4.69) is 32.4 Å². The maximum atomic E-state index is 4.40. The molecule has 4 nitrogen and oxygen atoms in total. The van der Waals surface area contributed by atoms with Crippen molar-refractivity contribution in [3.63, 3.8) is 0 Å². The topological polar surface area (TPSA) is 31.4 Å². The summed E-state index contributed by atoms with van der Waals surface area (Å²) in [6, 6.07) is 0. The van der Waals surface area contributed by atoms with E-state index in [9.17, 15) is 0 Å². The molecule has 1 saturated heterocycles. The minimum absolute atomic E-state index is 1.13. The van der Waals surface area contributed by atoms with Gasteiger partial charge in [-0.15, -0.1) is 11.3 Å². The molecule has 1 N–H and O–H groups in total. The molecule has 0 bridgehead atoms. The molecular weight excluding hydrogens is 280 g/mol. The molecule has 1 aliphatic rings. The Morgan fingerprint density at radius 3 is 2.62 bits per heavy atom. The average Bonchev–Trinajstić information content (AvgIpc) is 3.05. The fourth-order valence-corrected chi connectivity index (χ4v) is 3.47. The smallest absolute Gasteiger partial charge is 0.185 e. The standard InChI is InChI=1S/C16H30N4S/c1-2-7-17-8-5-3-4-6-10-19-11-13-20(14-12-19)16-18-9-15-21-16/h9,15,17H,2-8,10-14H2,1H3. The number of piperazine rings is 1. The SMILES string of the molecule is CCCNCCCCCCN1CCN(c2nccs2)CC1. The van der Waals surface area contributed by atoms with Gasteiger partial charge in [0.25, 0.3) is 0 Å². The van der Waals surface area contributed by atoms with Gasteiger partial charge in [-0.25, -0.2) is 4.98 Å². The highest BCUT2D eigenvalue weighted by atomic mass is 32.1. The lowest BCUT2D eigenvalue weighted by molar-refractivity contribution is 0.252. The van der Waals surface area contributed by atoms with Crippen molar-refractivity contribution in [3.8, 4) is 0 Å². The normalized spacial score (nSPS) is 16.5. The zero-order valence-corrected chi connectivity index (χ0v) is 14.2. The third-order valence-electron chi connectivity index (χ3n) is 4.07. The first kappa shape index (κ1) is 16.7. The van der Waals surface area contributed by atoms with Crippen molar-refractivity contribution in [2.45, 2.75) is 39.0 Å². The van der Waals surface area contributed by atoms with Crippen molar-refractivity contribution in [2.75, 3.05) is 50.7 Å². The molecule has 5 heteroatoms. The number of nitrogens with one attached hydrogen (secondary N) is 1. The highest BCUT2D eigenvalue weighted by Crippen LogP contribution is 2.18. The first-order valence-corrected chi connectivity index (χ1v) is 9.35. The van der Waals surface area contributed by atoms with Gasteiger partial charge < -0.3 is 10.2 Å². The minimum atomic E-state index is 1.13. The van der Waals surface area contributed by atoms with Gasteiger partial charge in [-0.05, 0) is 38.9 Å². The maximum absolute atomic E-state index is 4.40. The Bertz CT molecular complexity index is 347. The third kappa shape index (κ3) is 6.32. The molecule has 0 radical (unpaired) electrons. The number of hydrogen-bond acceptors (Lipinski definition) is 5. The van der Waals surface area contributed by atoms with Crippen LogP contribution in [0, 0.1) is 0 Å². The van der Waals surface area contributed by atoms with E-state index in [1.54, 1.807) is 11.3 Å². The zero-order valence-electron chi connectivity index (χ0n) is 13.4. The second-order valence-corrected chi connectivity index (χ2v) is 6.68. The third-order valence-corrected chi connectivity index (χ3v) is 4.90. The van der Waals surface area contributed by atoms with Crippen LogP contribution >= 0.6 is 11.3 Å². The van der Waals surface area contributed by atoms with Crippen LogP contribution in [0.1, 0.15) is 39.0 Å². The summed E-state index contributed by atoms with van der Waals surface area (Å²) in [5, 5.41) is 6.73. The number of aromatic nitrogens is 1. The molecule has 1 aliphatic heterocycles. The summed E-state index contributed by atoms with van der Waals surface area (Å²) in [4.78, 5) is 9.43. The molecule has 1 aromatic heterocycles. The van der Waals surface area contributed by atoms with E-state index in [4.69, 9.17) is 0 Å². The van der Waals surface area contributed by atoms with Crippen LogP contribution in [0.25, 0.3) is 0 Å². The monoisotopic (exact) mass is 310 g/mol. The largest absolute Gasteiger partial charge is 0.346 e. The molecule has 1 aromatic rings. The van der Waals surface area contributed by atoms with E-state index in [0.717, 1.165) is 13.1 Å². The van der Waals surface area contributed by atoms with Gasteiger partial charge in [0.1, 0.15) is 0 Å². The van der Waals surface area contributed by atoms with Crippen molar-refractivity contribution >= 4 is 16.5 Å². The first-order valence-electron chi connectivity index (χ1n) is 8.47. The van der Waals surface area contributed by atoms with E-state index >= 15 is 0 Å². The van der Waals surface area contributed by atoms with Crippen LogP contribution in [-0.2, 0) is 0 Å². The van der Waals surface area contributed by atoms with Gasteiger partial charge in [0.15, 0.2) is 5.13 Å². The molecule has 1 fully saturated rings. The van der Waals surface area contributed by atoms with Crippen LogP contribution in [0.4, 0.5) is 5.13 Å². The van der Waals surface area contributed by atoms with Crippen LogP contribution in [0.15, 0.2) is 11.6 Å². The number of hydrogen-bond donors (Lipinski definition) is 1. The molecule has 21 heavy (non-hydrogen) atoms. The Labute approximate surface area is 133 Å². The molecule has 2 rings (SSSR count). The Morgan fingerprint density at radius 2 is 1.90 bits per heavy atom. The van der Waals surface area contributed by atoms with Crippen molar-refractivity contribution in [3.05, 3.63) is 11.6 Å². The van der Waals surface area contributed by atoms with Crippen molar-refractivity contribution in [2.24, 2.45) is 0 Å². The van der Waals surface area contributed by atoms with E-state index < -0.39 is 0 Å². The number of thiazole rings is 1. The Kier molecular flexibility index (Phi) is 8.07. The van der Waals surface area contributed by atoms with Crippen molar-refractivity contribution < 1.29 is 0 Å². The van der Waals surface area contributed by atoms with E-state index in [-0.39, 0.29) is 0 Å². The summed E-state index contributed by atoms with van der Waals surface area (Å²) in [7, 11) is 0. The van der Waals surface area contributed by atoms with Crippen LogP contribution < -0.4 is 10.2 Å². The van der Waals surface area contributed by atoms with Gasteiger partial charge in [0, 0.05) is 37.8 Å². The predicted molar refractivity (Wildman–Crippen MR) is 92.4 cm³/mol.